The Hall–Kier alpha value is -0.880. The van der Waals surface area contributed by atoms with E-state index in [-0.39, 0.29) is 5.56 Å². The van der Waals surface area contributed by atoms with E-state index in [1.54, 1.807) is 13.3 Å². The van der Waals surface area contributed by atoms with Crippen molar-refractivity contribution in [2.45, 2.75) is 32.4 Å². The minimum absolute atomic E-state index is 0.120. The van der Waals surface area contributed by atoms with E-state index in [1.165, 1.54) is 17.5 Å². The van der Waals surface area contributed by atoms with Crippen molar-refractivity contribution in [1.29, 1.82) is 0 Å². The van der Waals surface area contributed by atoms with Crippen LogP contribution in [0.3, 0.4) is 0 Å². The van der Waals surface area contributed by atoms with E-state index < -0.39 is 0 Å². The molecule has 5 nitrogen and oxygen atoms in total. The van der Waals surface area contributed by atoms with Gasteiger partial charge in [-0.25, -0.2) is 4.68 Å². The zero-order chi connectivity index (χ0) is 13.1. The molecule has 0 spiro atoms. The first kappa shape index (κ1) is 13.5. The van der Waals surface area contributed by atoms with E-state index in [0.717, 1.165) is 11.6 Å². The molecule has 2 atom stereocenters. The van der Waals surface area contributed by atoms with Crippen LogP contribution >= 0.6 is 15.9 Å². The summed E-state index contributed by atoms with van der Waals surface area (Å²) in [6.07, 6.45) is 4.05. The quantitative estimate of drug-likeness (QED) is 0.870. The van der Waals surface area contributed by atoms with E-state index in [2.05, 4.69) is 33.3 Å². The lowest BCUT2D eigenvalue weighted by atomic mass is 10.3. The highest BCUT2D eigenvalue weighted by molar-refractivity contribution is 9.10. The summed E-state index contributed by atoms with van der Waals surface area (Å²) in [6.45, 7) is 3.13. The van der Waals surface area contributed by atoms with Crippen LogP contribution in [-0.4, -0.2) is 29.5 Å². The third-order valence-corrected chi connectivity index (χ3v) is 4.05. The van der Waals surface area contributed by atoms with Crippen LogP contribution in [0.4, 0.5) is 5.69 Å². The molecule has 0 radical (unpaired) electrons. The molecule has 1 aliphatic rings. The summed E-state index contributed by atoms with van der Waals surface area (Å²) < 4.78 is 6.90. The summed E-state index contributed by atoms with van der Waals surface area (Å²) in [5.74, 6) is 0.729. The van der Waals surface area contributed by atoms with E-state index in [9.17, 15) is 4.79 Å². The Balaban J connectivity index is 2.09. The fourth-order valence-electron chi connectivity index (χ4n) is 1.98. The second-order valence-electron chi connectivity index (χ2n) is 4.55. The summed E-state index contributed by atoms with van der Waals surface area (Å²) in [4.78, 5) is 12.0. The van der Waals surface area contributed by atoms with Gasteiger partial charge in [0, 0.05) is 13.2 Å². The second kappa shape index (κ2) is 5.84. The van der Waals surface area contributed by atoms with Gasteiger partial charge < -0.3 is 10.1 Å². The molecule has 18 heavy (non-hydrogen) atoms. The molecule has 0 saturated heterocycles. The van der Waals surface area contributed by atoms with Gasteiger partial charge in [0.1, 0.15) is 4.47 Å². The molecule has 0 aliphatic heterocycles. The van der Waals surface area contributed by atoms with E-state index in [4.69, 9.17) is 4.74 Å². The van der Waals surface area contributed by atoms with Crippen LogP contribution < -0.4 is 10.9 Å². The van der Waals surface area contributed by atoms with E-state index >= 15 is 0 Å². The Labute approximate surface area is 115 Å². The van der Waals surface area contributed by atoms with Crippen LogP contribution in [0.2, 0.25) is 0 Å². The Morgan fingerprint density at radius 1 is 1.67 bits per heavy atom. The van der Waals surface area contributed by atoms with E-state index in [1.807, 2.05) is 0 Å². The van der Waals surface area contributed by atoms with Crippen LogP contribution in [0.1, 0.15) is 19.8 Å². The van der Waals surface area contributed by atoms with Gasteiger partial charge in [0.2, 0.25) is 0 Å². The van der Waals surface area contributed by atoms with Gasteiger partial charge in [-0.3, -0.25) is 4.79 Å². The molecule has 0 aromatic carbocycles. The fourth-order valence-corrected chi connectivity index (χ4v) is 2.40. The van der Waals surface area contributed by atoms with Gasteiger partial charge in [-0.15, -0.1) is 0 Å². The standard InChI is InChI=1S/C12H18BrN3O2/c1-3-8-6-9(8)15-10-7-14-16(4-5-18-2)12(17)11(10)13/h7-9,15H,3-6H2,1-2H3. The molecule has 1 saturated carbocycles. The Kier molecular flexibility index (Phi) is 4.40. The molecule has 6 heteroatoms. The molecule has 0 bridgehead atoms. The molecule has 100 valence electrons. The van der Waals surface area contributed by atoms with Gasteiger partial charge in [-0.1, -0.05) is 13.3 Å². The number of aromatic nitrogens is 2. The predicted molar refractivity (Wildman–Crippen MR) is 73.9 cm³/mol. The molecule has 1 aliphatic carbocycles. The van der Waals surface area contributed by atoms with Crippen molar-refractivity contribution in [2.24, 2.45) is 5.92 Å². The van der Waals surface area contributed by atoms with Crippen molar-refractivity contribution in [3.8, 4) is 0 Å². The maximum absolute atomic E-state index is 12.0. The highest BCUT2D eigenvalue weighted by atomic mass is 79.9. The van der Waals surface area contributed by atoms with Crippen molar-refractivity contribution in [3.63, 3.8) is 0 Å². The number of methoxy groups -OCH3 is 1. The monoisotopic (exact) mass is 315 g/mol. The summed E-state index contributed by atoms with van der Waals surface area (Å²) in [5.41, 5.74) is 0.667. The molecular weight excluding hydrogens is 298 g/mol. The van der Waals surface area contributed by atoms with Crippen molar-refractivity contribution in [3.05, 3.63) is 21.0 Å². The van der Waals surface area contributed by atoms with Crippen LogP contribution in [0.15, 0.2) is 15.5 Å². The van der Waals surface area contributed by atoms with Crippen LogP contribution in [-0.2, 0) is 11.3 Å². The normalized spacial score (nSPS) is 21.9. The van der Waals surface area contributed by atoms with Crippen molar-refractivity contribution >= 4 is 21.6 Å². The lowest BCUT2D eigenvalue weighted by Gasteiger charge is -2.10. The van der Waals surface area contributed by atoms with Gasteiger partial charge in [0.15, 0.2) is 0 Å². The van der Waals surface area contributed by atoms with Crippen molar-refractivity contribution in [1.82, 2.24) is 9.78 Å². The van der Waals surface area contributed by atoms with Crippen LogP contribution in [0.25, 0.3) is 0 Å². The maximum Gasteiger partial charge on any atom is 0.283 e. The van der Waals surface area contributed by atoms with Gasteiger partial charge in [0.25, 0.3) is 5.56 Å². The Bertz CT molecular complexity index is 475. The van der Waals surface area contributed by atoms with Gasteiger partial charge in [0.05, 0.1) is 25.0 Å². The Morgan fingerprint density at radius 2 is 2.44 bits per heavy atom. The first-order valence-corrected chi connectivity index (χ1v) is 6.97. The number of nitrogens with one attached hydrogen (secondary N) is 1. The first-order valence-electron chi connectivity index (χ1n) is 6.18. The third kappa shape index (κ3) is 2.92. The number of nitrogens with zero attached hydrogens (tertiary/aromatic N) is 2. The third-order valence-electron chi connectivity index (χ3n) is 3.28. The SMILES string of the molecule is CCC1CC1Nc1cnn(CCOC)c(=O)c1Br. The number of hydrogen-bond donors (Lipinski definition) is 1. The van der Waals surface area contributed by atoms with E-state index in [0.29, 0.717) is 23.7 Å². The molecule has 2 unspecified atom stereocenters. The van der Waals surface area contributed by atoms with Crippen LogP contribution in [0.5, 0.6) is 0 Å². The van der Waals surface area contributed by atoms with Crippen molar-refractivity contribution in [2.75, 3.05) is 19.0 Å². The molecule has 2 rings (SSSR count). The summed E-state index contributed by atoms with van der Waals surface area (Å²) in [5, 5.41) is 7.50. The molecule has 1 heterocycles. The molecular formula is C12H18BrN3O2. The summed E-state index contributed by atoms with van der Waals surface area (Å²) >= 11 is 3.34. The topological polar surface area (TPSA) is 56.1 Å². The fraction of sp³-hybridized carbons (Fsp3) is 0.667. The number of ether oxygens (including phenoxy) is 1. The van der Waals surface area contributed by atoms with Gasteiger partial charge >= 0.3 is 0 Å². The number of halogens is 1. The van der Waals surface area contributed by atoms with Crippen LogP contribution in [0, 0.1) is 5.92 Å². The highest BCUT2D eigenvalue weighted by Gasteiger charge is 2.35. The van der Waals surface area contributed by atoms with Gasteiger partial charge in [-0.05, 0) is 28.3 Å². The second-order valence-corrected chi connectivity index (χ2v) is 5.34. The largest absolute Gasteiger partial charge is 0.383 e. The molecule has 1 N–H and O–H groups in total. The molecule has 1 fully saturated rings. The number of hydrogen-bond acceptors (Lipinski definition) is 4. The zero-order valence-corrected chi connectivity index (χ0v) is 12.2. The highest BCUT2D eigenvalue weighted by Crippen LogP contribution is 2.36. The first-order chi connectivity index (χ1) is 8.67. The average molecular weight is 316 g/mol. The smallest absolute Gasteiger partial charge is 0.283 e. The average Bonchev–Trinajstić information content (AvgIpc) is 3.13. The Morgan fingerprint density at radius 3 is 3.06 bits per heavy atom. The minimum atomic E-state index is -0.120. The lowest BCUT2D eigenvalue weighted by Crippen LogP contribution is -2.26. The summed E-state index contributed by atoms with van der Waals surface area (Å²) in [6, 6.07) is 0.488. The van der Waals surface area contributed by atoms with Crippen molar-refractivity contribution < 1.29 is 4.74 Å². The predicted octanol–water partition coefficient (Wildman–Crippen LogP) is 1.86. The zero-order valence-electron chi connectivity index (χ0n) is 10.6. The number of anilines is 1. The number of rotatable bonds is 6. The lowest BCUT2D eigenvalue weighted by molar-refractivity contribution is 0.181. The molecule has 0 amide bonds. The molecule has 1 aromatic heterocycles. The summed E-state index contributed by atoms with van der Waals surface area (Å²) in [7, 11) is 1.61. The van der Waals surface area contributed by atoms with Gasteiger partial charge in [-0.2, -0.15) is 5.10 Å². The minimum Gasteiger partial charge on any atom is -0.383 e. The maximum atomic E-state index is 12.0. The molecule has 1 aromatic rings.